The van der Waals surface area contributed by atoms with Crippen LogP contribution in [0.25, 0.3) is 10.2 Å². The molecule has 7 nitrogen and oxygen atoms in total. The summed E-state index contributed by atoms with van der Waals surface area (Å²) in [5, 5.41) is 13.4. The Balaban J connectivity index is 1.35. The Hall–Kier alpha value is -2.74. The molecule has 3 aromatic heterocycles. The molecular formula is C22H27N5O2S. The van der Waals surface area contributed by atoms with Gasteiger partial charge < -0.3 is 10.6 Å². The third-order valence-corrected chi connectivity index (χ3v) is 7.00. The molecule has 2 unspecified atom stereocenters. The van der Waals surface area contributed by atoms with E-state index in [9.17, 15) is 9.59 Å². The normalized spacial score (nSPS) is 19.0. The first-order chi connectivity index (χ1) is 14.5. The predicted molar refractivity (Wildman–Crippen MR) is 118 cm³/mol. The minimum Gasteiger partial charge on any atom is -0.355 e. The van der Waals surface area contributed by atoms with Crippen molar-refractivity contribution in [2.75, 3.05) is 6.54 Å². The number of amides is 2. The molecule has 3 heterocycles. The minimum absolute atomic E-state index is 0.00571. The molecule has 2 amide bonds. The van der Waals surface area contributed by atoms with Crippen molar-refractivity contribution in [1.29, 1.82) is 0 Å². The number of carbonyl (C=O) groups is 2. The number of pyridine rings is 1. The third kappa shape index (κ3) is 4.53. The van der Waals surface area contributed by atoms with E-state index in [4.69, 9.17) is 0 Å². The molecule has 4 rings (SSSR count). The molecule has 1 aliphatic carbocycles. The van der Waals surface area contributed by atoms with Crippen LogP contribution in [-0.4, -0.2) is 39.6 Å². The lowest BCUT2D eigenvalue weighted by Crippen LogP contribution is -2.46. The van der Waals surface area contributed by atoms with E-state index >= 15 is 0 Å². The largest absolute Gasteiger partial charge is 0.355 e. The maximum absolute atomic E-state index is 12.8. The van der Waals surface area contributed by atoms with Gasteiger partial charge in [-0.15, -0.1) is 11.3 Å². The highest BCUT2D eigenvalue weighted by molar-refractivity contribution is 7.20. The number of hydrogen-bond acceptors (Lipinski definition) is 5. The molecule has 0 radical (unpaired) electrons. The molecule has 8 heteroatoms. The first kappa shape index (κ1) is 20.5. The molecule has 1 fully saturated rings. The molecule has 2 atom stereocenters. The number of H-pyrrole nitrogens is 1. The number of nitrogens with one attached hydrogen (secondary N) is 3. The number of carbonyl (C=O) groups excluding carboxylic acids is 2. The fourth-order valence-electron chi connectivity index (χ4n) is 4.17. The summed E-state index contributed by atoms with van der Waals surface area (Å²) >= 11 is 1.47. The number of aromatic nitrogens is 3. The highest BCUT2D eigenvalue weighted by Crippen LogP contribution is 2.27. The lowest BCUT2D eigenvalue weighted by Gasteiger charge is -2.32. The van der Waals surface area contributed by atoms with E-state index in [2.05, 4.69) is 25.8 Å². The standard InChI is InChI=1S/C22H27N5O2S/c1-13-16(14(2)27-26-13)10-21(28)24-12-15-6-3-4-7-17(15)25-22(29)20-11-18-19(30-20)8-5-9-23-18/h5,8-9,11,15,17H,3-4,6-7,10,12H2,1-2H3,(H,24,28)(H,25,29)(H,26,27). The van der Waals surface area contributed by atoms with Crippen LogP contribution >= 0.6 is 11.3 Å². The maximum atomic E-state index is 12.8. The lowest BCUT2D eigenvalue weighted by atomic mass is 9.84. The fourth-order valence-corrected chi connectivity index (χ4v) is 5.09. The Morgan fingerprint density at radius 2 is 2.10 bits per heavy atom. The van der Waals surface area contributed by atoms with Gasteiger partial charge in [0.2, 0.25) is 5.91 Å². The molecule has 3 aromatic rings. The van der Waals surface area contributed by atoms with Gasteiger partial charge in [-0.3, -0.25) is 19.7 Å². The van der Waals surface area contributed by atoms with Crippen LogP contribution in [0.4, 0.5) is 0 Å². The van der Waals surface area contributed by atoms with Gasteiger partial charge in [-0.25, -0.2) is 0 Å². The number of thiophene rings is 1. The van der Waals surface area contributed by atoms with Crippen molar-refractivity contribution in [3.8, 4) is 0 Å². The Morgan fingerprint density at radius 3 is 2.87 bits per heavy atom. The number of aryl methyl sites for hydroxylation is 2. The summed E-state index contributed by atoms with van der Waals surface area (Å²) in [4.78, 5) is 30.3. The monoisotopic (exact) mass is 425 g/mol. The van der Waals surface area contributed by atoms with Gasteiger partial charge in [-0.1, -0.05) is 12.8 Å². The molecule has 0 aromatic carbocycles. The van der Waals surface area contributed by atoms with Gasteiger partial charge in [0.05, 0.1) is 27.2 Å². The molecule has 158 valence electrons. The van der Waals surface area contributed by atoms with Gasteiger partial charge in [0, 0.05) is 30.0 Å². The van der Waals surface area contributed by atoms with Gasteiger partial charge >= 0.3 is 0 Å². The van der Waals surface area contributed by atoms with Crippen LogP contribution in [-0.2, 0) is 11.2 Å². The first-order valence-corrected chi connectivity index (χ1v) is 11.3. The van der Waals surface area contributed by atoms with Crippen molar-refractivity contribution in [3.63, 3.8) is 0 Å². The Labute approximate surface area is 179 Å². The summed E-state index contributed by atoms with van der Waals surface area (Å²) in [5.74, 6) is 0.186. The van der Waals surface area contributed by atoms with Crippen LogP contribution < -0.4 is 10.6 Å². The first-order valence-electron chi connectivity index (χ1n) is 10.4. The van der Waals surface area contributed by atoms with Gasteiger partial charge in [-0.2, -0.15) is 5.10 Å². The van der Waals surface area contributed by atoms with Gasteiger partial charge in [0.1, 0.15) is 0 Å². The van der Waals surface area contributed by atoms with Crippen molar-refractivity contribution < 1.29 is 9.59 Å². The summed E-state index contributed by atoms with van der Waals surface area (Å²) in [6.45, 7) is 4.41. The Bertz CT molecular complexity index is 1000. The van der Waals surface area contributed by atoms with Crippen molar-refractivity contribution in [2.24, 2.45) is 5.92 Å². The average molecular weight is 426 g/mol. The summed E-state index contributed by atoms with van der Waals surface area (Å²) in [6, 6.07) is 5.78. The SMILES string of the molecule is Cc1n[nH]c(C)c1CC(=O)NCC1CCCCC1NC(=O)c1cc2ncccc2s1. The van der Waals surface area contributed by atoms with E-state index in [1.54, 1.807) is 6.20 Å². The molecule has 1 aliphatic rings. The van der Waals surface area contributed by atoms with Crippen LogP contribution in [0, 0.1) is 19.8 Å². The second-order valence-corrected chi connectivity index (χ2v) is 9.10. The van der Waals surface area contributed by atoms with Crippen molar-refractivity contribution in [1.82, 2.24) is 25.8 Å². The van der Waals surface area contributed by atoms with Crippen LogP contribution in [0.3, 0.4) is 0 Å². The topological polar surface area (TPSA) is 99.8 Å². The van der Waals surface area contributed by atoms with Crippen LogP contribution in [0.2, 0.25) is 0 Å². The zero-order valence-electron chi connectivity index (χ0n) is 17.3. The summed E-state index contributed by atoms with van der Waals surface area (Å²) in [5.41, 5.74) is 3.61. The van der Waals surface area contributed by atoms with Crippen LogP contribution in [0.5, 0.6) is 0 Å². The van der Waals surface area contributed by atoms with Gasteiger partial charge in [-0.05, 0) is 50.8 Å². The van der Waals surface area contributed by atoms with Gasteiger partial charge in [0.25, 0.3) is 5.91 Å². The second-order valence-electron chi connectivity index (χ2n) is 8.02. The van der Waals surface area contributed by atoms with Crippen molar-refractivity contribution in [2.45, 2.75) is 52.0 Å². The maximum Gasteiger partial charge on any atom is 0.261 e. The fraction of sp³-hybridized carbons (Fsp3) is 0.455. The molecule has 0 saturated heterocycles. The minimum atomic E-state index is -0.0501. The molecule has 3 N–H and O–H groups in total. The zero-order valence-corrected chi connectivity index (χ0v) is 18.1. The zero-order chi connectivity index (χ0) is 21.1. The third-order valence-electron chi connectivity index (χ3n) is 5.92. The van der Waals surface area contributed by atoms with E-state index in [1.165, 1.54) is 11.3 Å². The van der Waals surface area contributed by atoms with E-state index in [0.29, 0.717) is 17.8 Å². The van der Waals surface area contributed by atoms with E-state index in [0.717, 1.165) is 52.9 Å². The molecular weight excluding hydrogens is 398 g/mol. The van der Waals surface area contributed by atoms with Gasteiger partial charge in [0.15, 0.2) is 0 Å². The summed E-state index contributed by atoms with van der Waals surface area (Å²) in [7, 11) is 0. The number of aromatic amines is 1. The second kappa shape index (κ2) is 8.95. The van der Waals surface area contributed by atoms with E-state index in [1.807, 2.05) is 32.0 Å². The highest BCUT2D eigenvalue weighted by Gasteiger charge is 2.28. The molecule has 0 bridgehead atoms. The van der Waals surface area contributed by atoms with Crippen molar-refractivity contribution in [3.05, 3.63) is 46.2 Å². The lowest BCUT2D eigenvalue weighted by molar-refractivity contribution is -0.120. The van der Waals surface area contributed by atoms with E-state index < -0.39 is 0 Å². The molecule has 1 saturated carbocycles. The molecule has 0 aliphatic heterocycles. The number of nitrogens with zero attached hydrogens (tertiary/aromatic N) is 2. The number of rotatable bonds is 6. The summed E-state index contributed by atoms with van der Waals surface area (Å²) < 4.78 is 1.01. The van der Waals surface area contributed by atoms with Crippen LogP contribution in [0.15, 0.2) is 24.4 Å². The predicted octanol–water partition coefficient (Wildman–Crippen LogP) is 3.28. The summed E-state index contributed by atoms with van der Waals surface area (Å²) in [6.07, 6.45) is 6.23. The number of hydrogen-bond donors (Lipinski definition) is 3. The smallest absolute Gasteiger partial charge is 0.261 e. The molecule has 30 heavy (non-hydrogen) atoms. The average Bonchev–Trinajstić information content (AvgIpc) is 3.32. The van der Waals surface area contributed by atoms with E-state index in [-0.39, 0.29) is 23.8 Å². The van der Waals surface area contributed by atoms with Crippen LogP contribution in [0.1, 0.15) is 52.3 Å². The number of fused-ring (bicyclic) bond motifs is 1. The molecule has 0 spiro atoms. The quantitative estimate of drug-likeness (QED) is 0.564. The highest BCUT2D eigenvalue weighted by atomic mass is 32.1. The Morgan fingerprint density at radius 1 is 1.27 bits per heavy atom. The Kier molecular flexibility index (Phi) is 6.13. The van der Waals surface area contributed by atoms with Crippen molar-refractivity contribution >= 4 is 33.4 Å².